The molecule has 0 aliphatic heterocycles. The number of fused-ring (bicyclic) bond motifs is 1. The second kappa shape index (κ2) is 6.35. The molecule has 20 heavy (non-hydrogen) atoms. The van der Waals surface area contributed by atoms with Gasteiger partial charge in [0.2, 0.25) is 0 Å². The lowest BCUT2D eigenvalue weighted by molar-refractivity contribution is 0.556. The maximum absolute atomic E-state index is 4.74. The van der Waals surface area contributed by atoms with Crippen LogP contribution in [0.25, 0.3) is 10.2 Å². The van der Waals surface area contributed by atoms with Gasteiger partial charge < -0.3 is 5.32 Å². The van der Waals surface area contributed by atoms with Crippen molar-refractivity contribution in [3.8, 4) is 0 Å². The van der Waals surface area contributed by atoms with Gasteiger partial charge in [-0.2, -0.15) is 0 Å². The second-order valence-corrected chi connectivity index (χ2v) is 7.44. The Morgan fingerprint density at radius 1 is 1.30 bits per heavy atom. The van der Waals surface area contributed by atoms with E-state index in [9.17, 15) is 0 Å². The van der Waals surface area contributed by atoms with Gasteiger partial charge in [-0.05, 0) is 46.1 Å². The van der Waals surface area contributed by atoms with Gasteiger partial charge in [0.25, 0.3) is 0 Å². The summed E-state index contributed by atoms with van der Waals surface area (Å²) < 4.78 is 2.46. The van der Waals surface area contributed by atoms with E-state index in [0.29, 0.717) is 6.04 Å². The molecule has 5 heteroatoms. The predicted molar refractivity (Wildman–Crippen MR) is 91.8 cm³/mol. The Hall–Kier alpha value is -0.750. The second-order valence-electron chi connectivity index (χ2n) is 4.52. The van der Waals surface area contributed by atoms with Gasteiger partial charge in [-0.15, -0.1) is 22.7 Å². The summed E-state index contributed by atoms with van der Waals surface area (Å²) in [4.78, 5) is 6.10. The summed E-state index contributed by atoms with van der Waals surface area (Å²) >= 11 is 7.22. The lowest BCUT2D eigenvalue weighted by atomic mass is 10.2. The largest absolute Gasteiger partial charge is 0.309 e. The lowest BCUT2D eigenvalue weighted by Crippen LogP contribution is -2.22. The molecule has 2 heterocycles. The van der Waals surface area contributed by atoms with Crippen LogP contribution in [0.3, 0.4) is 0 Å². The Bertz CT molecular complexity index is 672. The Morgan fingerprint density at radius 3 is 2.85 bits per heavy atom. The first-order valence-electron chi connectivity index (χ1n) is 6.58. The average Bonchev–Trinajstić information content (AvgIpc) is 3.03. The molecule has 0 radical (unpaired) electrons. The first-order chi connectivity index (χ1) is 9.78. The van der Waals surface area contributed by atoms with Crippen LogP contribution in [0.15, 0.2) is 40.2 Å². The quantitative estimate of drug-likeness (QED) is 0.685. The molecule has 2 aromatic heterocycles. The fourth-order valence-electron chi connectivity index (χ4n) is 2.24. The van der Waals surface area contributed by atoms with Gasteiger partial charge in [-0.25, -0.2) is 4.98 Å². The molecule has 0 spiro atoms. The van der Waals surface area contributed by atoms with E-state index in [1.807, 2.05) is 6.07 Å². The normalized spacial score (nSPS) is 12.9. The molecule has 1 atom stereocenters. The van der Waals surface area contributed by atoms with Gasteiger partial charge in [0, 0.05) is 21.8 Å². The van der Waals surface area contributed by atoms with Crippen LogP contribution in [0.4, 0.5) is 0 Å². The fourth-order valence-corrected chi connectivity index (χ4v) is 4.98. The maximum Gasteiger partial charge on any atom is 0.0957 e. The molecule has 1 aromatic carbocycles. The minimum absolute atomic E-state index is 0.329. The van der Waals surface area contributed by atoms with E-state index in [1.165, 1.54) is 19.1 Å². The van der Waals surface area contributed by atoms with Crippen LogP contribution in [0, 0.1) is 0 Å². The SMILES string of the molecule is CCNC(Cc1nc2ccccc2s1)c1sccc1Br. The highest BCUT2D eigenvalue weighted by Gasteiger charge is 2.17. The topological polar surface area (TPSA) is 24.9 Å². The van der Waals surface area contributed by atoms with Crippen molar-refractivity contribution in [1.29, 1.82) is 0 Å². The Labute approximate surface area is 135 Å². The molecule has 3 aromatic rings. The third-order valence-corrected chi connectivity index (χ3v) is 6.17. The Balaban J connectivity index is 1.88. The molecule has 0 aliphatic rings. The van der Waals surface area contributed by atoms with E-state index >= 15 is 0 Å². The molecular formula is C15H15BrN2S2. The summed E-state index contributed by atoms with van der Waals surface area (Å²) in [5, 5.41) is 6.88. The molecule has 1 unspecified atom stereocenters. The van der Waals surface area contributed by atoms with E-state index in [1.54, 1.807) is 22.7 Å². The Morgan fingerprint density at radius 2 is 2.15 bits per heavy atom. The summed E-state index contributed by atoms with van der Waals surface area (Å²) in [6.07, 6.45) is 0.937. The van der Waals surface area contributed by atoms with Crippen molar-refractivity contribution in [3.63, 3.8) is 0 Å². The Kier molecular flexibility index (Phi) is 4.51. The van der Waals surface area contributed by atoms with Gasteiger partial charge in [-0.1, -0.05) is 19.1 Å². The number of hydrogen-bond donors (Lipinski definition) is 1. The third kappa shape index (κ3) is 2.96. The van der Waals surface area contributed by atoms with Crippen LogP contribution in [0.5, 0.6) is 0 Å². The number of likely N-dealkylation sites (N-methyl/N-ethyl adjacent to an activating group) is 1. The van der Waals surface area contributed by atoms with Crippen molar-refractivity contribution >= 4 is 48.8 Å². The van der Waals surface area contributed by atoms with E-state index in [0.717, 1.165) is 18.5 Å². The highest BCUT2D eigenvalue weighted by molar-refractivity contribution is 9.10. The first-order valence-corrected chi connectivity index (χ1v) is 9.07. The van der Waals surface area contributed by atoms with E-state index < -0.39 is 0 Å². The number of aromatic nitrogens is 1. The van der Waals surface area contributed by atoms with Crippen molar-refractivity contribution in [2.24, 2.45) is 0 Å². The predicted octanol–water partition coefficient (Wildman–Crippen LogP) is 5.01. The van der Waals surface area contributed by atoms with Crippen LogP contribution < -0.4 is 5.32 Å². The standard InChI is InChI=1S/C15H15BrN2S2/c1-2-17-12(15-10(16)7-8-19-15)9-14-18-11-5-3-4-6-13(11)20-14/h3-8,12,17H,2,9H2,1H3. The molecule has 2 nitrogen and oxygen atoms in total. The van der Waals surface area contributed by atoms with Crippen LogP contribution in [0.2, 0.25) is 0 Å². The summed E-state index contributed by atoms with van der Waals surface area (Å²) in [6, 6.07) is 10.8. The number of para-hydroxylation sites is 1. The monoisotopic (exact) mass is 366 g/mol. The molecule has 0 saturated heterocycles. The number of nitrogens with zero attached hydrogens (tertiary/aromatic N) is 1. The van der Waals surface area contributed by atoms with Crippen LogP contribution >= 0.6 is 38.6 Å². The number of hydrogen-bond acceptors (Lipinski definition) is 4. The maximum atomic E-state index is 4.74. The number of halogens is 1. The van der Waals surface area contributed by atoms with Gasteiger partial charge >= 0.3 is 0 Å². The van der Waals surface area contributed by atoms with E-state index in [2.05, 4.69) is 57.8 Å². The highest BCUT2D eigenvalue weighted by Crippen LogP contribution is 2.32. The summed E-state index contributed by atoms with van der Waals surface area (Å²) in [5.41, 5.74) is 1.10. The molecule has 104 valence electrons. The van der Waals surface area contributed by atoms with Crippen molar-refractivity contribution in [2.45, 2.75) is 19.4 Å². The molecule has 3 rings (SSSR count). The number of thiophene rings is 1. The lowest BCUT2D eigenvalue weighted by Gasteiger charge is -2.15. The molecule has 0 fully saturated rings. The van der Waals surface area contributed by atoms with E-state index in [-0.39, 0.29) is 0 Å². The summed E-state index contributed by atoms with van der Waals surface area (Å²) in [6.45, 7) is 3.10. The fraction of sp³-hybridized carbons (Fsp3) is 0.267. The molecule has 0 amide bonds. The smallest absolute Gasteiger partial charge is 0.0957 e. The van der Waals surface area contributed by atoms with Crippen molar-refractivity contribution in [2.75, 3.05) is 6.54 Å². The molecule has 0 saturated carbocycles. The molecule has 0 bridgehead atoms. The third-order valence-electron chi connectivity index (χ3n) is 3.13. The molecular weight excluding hydrogens is 352 g/mol. The highest BCUT2D eigenvalue weighted by atomic mass is 79.9. The van der Waals surface area contributed by atoms with E-state index in [4.69, 9.17) is 4.98 Å². The molecule has 1 N–H and O–H groups in total. The summed E-state index contributed by atoms with van der Waals surface area (Å²) in [7, 11) is 0. The average molecular weight is 367 g/mol. The van der Waals surface area contributed by atoms with Gasteiger partial charge in [0.05, 0.1) is 15.2 Å². The number of thiazole rings is 1. The number of benzene rings is 1. The van der Waals surface area contributed by atoms with Gasteiger partial charge in [-0.3, -0.25) is 0 Å². The first kappa shape index (κ1) is 14.2. The minimum atomic E-state index is 0.329. The zero-order chi connectivity index (χ0) is 13.9. The zero-order valence-corrected chi connectivity index (χ0v) is 14.3. The van der Waals surface area contributed by atoms with Gasteiger partial charge in [0.15, 0.2) is 0 Å². The number of rotatable bonds is 5. The van der Waals surface area contributed by atoms with Crippen molar-refractivity contribution in [3.05, 3.63) is 50.1 Å². The van der Waals surface area contributed by atoms with Crippen molar-refractivity contribution in [1.82, 2.24) is 10.3 Å². The van der Waals surface area contributed by atoms with Gasteiger partial charge in [0.1, 0.15) is 0 Å². The zero-order valence-electron chi connectivity index (χ0n) is 11.1. The van der Waals surface area contributed by atoms with Crippen LogP contribution in [-0.4, -0.2) is 11.5 Å². The minimum Gasteiger partial charge on any atom is -0.309 e. The van der Waals surface area contributed by atoms with Crippen molar-refractivity contribution < 1.29 is 0 Å². The summed E-state index contributed by atoms with van der Waals surface area (Å²) in [5.74, 6) is 0. The number of nitrogens with one attached hydrogen (secondary N) is 1. The van der Waals surface area contributed by atoms with Crippen LogP contribution in [0.1, 0.15) is 22.9 Å². The molecule has 0 aliphatic carbocycles. The van der Waals surface area contributed by atoms with Crippen LogP contribution in [-0.2, 0) is 6.42 Å².